The van der Waals surface area contributed by atoms with E-state index >= 15 is 0 Å². The highest BCUT2D eigenvalue weighted by atomic mass is 35.5. The van der Waals surface area contributed by atoms with Crippen LogP contribution in [0.3, 0.4) is 0 Å². The van der Waals surface area contributed by atoms with E-state index in [4.69, 9.17) is 11.6 Å². The molecule has 0 aliphatic heterocycles. The molecule has 3 aromatic rings. The third-order valence-electron chi connectivity index (χ3n) is 5.37. The number of fused-ring (bicyclic) bond motifs is 1. The summed E-state index contributed by atoms with van der Waals surface area (Å²) in [5, 5.41) is 11.9. The van der Waals surface area contributed by atoms with Crippen molar-refractivity contribution in [1.29, 1.82) is 5.26 Å². The fraction of sp³-hybridized carbons (Fsp3) is 0.304. The Morgan fingerprint density at radius 2 is 1.94 bits per heavy atom. The summed E-state index contributed by atoms with van der Waals surface area (Å²) in [6.07, 6.45) is 0. The molecule has 172 valence electrons. The Labute approximate surface area is 198 Å². The summed E-state index contributed by atoms with van der Waals surface area (Å²) in [4.78, 5) is 30.6. The maximum atomic E-state index is 14.7. The Morgan fingerprint density at radius 1 is 1.24 bits per heavy atom. The molecule has 0 bridgehead atoms. The maximum absolute atomic E-state index is 14.7. The van der Waals surface area contributed by atoms with Crippen molar-refractivity contribution in [3.05, 3.63) is 63.4 Å². The second-order valence-electron chi connectivity index (χ2n) is 8.01. The first-order valence-electron chi connectivity index (χ1n) is 10.0. The molecule has 2 atom stereocenters. The zero-order chi connectivity index (χ0) is 24.5. The molecule has 2 aromatic carbocycles. The van der Waals surface area contributed by atoms with E-state index in [0.717, 1.165) is 28.5 Å². The third-order valence-corrected chi connectivity index (χ3v) is 6.66. The van der Waals surface area contributed by atoms with E-state index < -0.39 is 33.9 Å². The summed E-state index contributed by atoms with van der Waals surface area (Å²) in [5.41, 5.74) is -1.62. The summed E-state index contributed by atoms with van der Waals surface area (Å²) in [6, 6.07) is 9.44. The van der Waals surface area contributed by atoms with Gasteiger partial charge in [-0.2, -0.15) is 5.26 Å². The number of benzene rings is 2. The number of aromatic nitrogens is 2. The Bertz CT molecular complexity index is 1340. The normalized spacial score (nSPS) is 14.0. The number of rotatable bonds is 6. The molecule has 0 spiro atoms. The second kappa shape index (κ2) is 9.49. The number of carbonyl (C=O) groups excluding carboxylic acids is 1. The van der Waals surface area contributed by atoms with Gasteiger partial charge in [0.15, 0.2) is 5.16 Å². The van der Waals surface area contributed by atoms with Gasteiger partial charge in [-0.05, 0) is 50.1 Å². The van der Waals surface area contributed by atoms with Gasteiger partial charge in [-0.25, -0.2) is 13.8 Å². The van der Waals surface area contributed by atoms with Crippen LogP contribution in [-0.4, -0.2) is 26.2 Å². The molecule has 0 aliphatic rings. The monoisotopic (exact) mass is 490 g/mol. The van der Waals surface area contributed by atoms with E-state index in [2.05, 4.69) is 16.4 Å². The van der Waals surface area contributed by atoms with Gasteiger partial charge in [-0.3, -0.25) is 14.2 Å². The van der Waals surface area contributed by atoms with E-state index in [1.165, 1.54) is 6.07 Å². The zero-order valence-electron chi connectivity index (χ0n) is 18.3. The van der Waals surface area contributed by atoms with Crippen molar-refractivity contribution in [3.63, 3.8) is 0 Å². The van der Waals surface area contributed by atoms with Crippen LogP contribution in [0.25, 0.3) is 16.6 Å². The smallest absolute Gasteiger partial charge is 0.266 e. The molecule has 1 aromatic heterocycles. The minimum absolute atomic E-state index is 0.0335. The quantitative estimate of drug-likeness (QED) is 0.394. The Kier molecular flexibility index (Phi) is 7.10. The highest BCUT2D eigenvalue weighted by molar-refractivity contribution is 8.00. The predicted molar refractivity (Wildman–Crippen MR) is 125 cm³/mol. The summed E-state index contributed by atoms with van der Waals surface area (Å²) < 4.78 is 29.1. The van der Waals surface area contributed by atoms with Crippen LogP contribution < -0.4 is 10.9 Å². The van der Waals surface area contributed by atoms with Crippen molar-refractivity contribution in [2.45, 2.75) is 43.6 Å². The first kappa shape index (κ1) is 24.7. The molecule has 0 fully saturated rings. The number of carbonyl (C=O) groups is 1. The lowest BCUT2D eigenvalue weighted by molar-refractivity contribution is -0.121. The van der Waals surface area contributed by atoms with Gasteiger partial charge in [0.05, 0.1) is 27.9 Å². The molecule has 1 amide bonds. The van der Waals surface area contributed by atoms with Gasteiger partial charge in [-0.15, -0.1) is 0 Å². The number of nitrogens with zero attached hydrogens (tertiary/aromatic N) is 3. The molecule has 10 heteroatoms. The minimum Gasteiger partial charge on any atom is -0.337 e. The van der Waals surface area contributed by atoms with Crippen molar-refractivity contribution < 1.29 is 13.6 Å². The Hall–Kier alpha value is -2.96. The minimum atomic E-state index is -1.10. The molecular formula is C23H21ClF2N4O2S. The molecule has 3 rings (SSSR count). The van der Waals surface area contributed by atoms with Crippen molar-refractivity contribution in [2.24, 2.45) is 5.92 Å². The van der Waals surface area contributed by atoms with Gasteiger partial charge < -0.3 is 5.32 Å². The van der Waals surface area contributed by atoms with E-state index in [1.54, 1.807) is 26.0 Å². The third kappa shape index (κ3) is 5.02. The number of hydrogen-bond donors (Lipinski definition) is 1. The van der Waals surface area contributed by atoms with Gasteiger partial charge in [0.1, 0.15) is 17.2 Å². The number of hydrogen-bond acceptors (Lipinski definition) is 5. The van der Waals surface area contributed by atoms with Crippen molar-refractivity contribution in [1.82, 2.24) is 14.9 Å². The van der Waals surface area contributed by atoms with Crippen LogP contribution in [0.2, 0.25) is 5.02 Å². The summed E-state index contributed by atoms with van der Waals surface area (Å²) >= 11 is 6.94. The Balaban J connectivity index is 2.12. The lowest BCUT2D eigenvalue weighted by atomic mass is 9.90. The van der Waals surface area contributed by atoms with E-state index in [-0.39, 0.29) is 22.1 Å². The number of thioether (sulfide) groups is 1. The molecule has 6 nitrogen and oxygen atoms in total. The van der Waals surface area contributed by atoms with Gasteiger partial charge in [-0.1, -0.05) is 37.2 Å². The van der Waals surface area contributed by atoms with Crippen LogP contribution >= 0.6 is 23.4 Å². The largest absolute Gasteiger partial charge is 0.337 e. The SMILES string of the molecule is CC(Sc1nc2ccc(Cl)cc2c(=O)n1-c1ccc(F)cc1F)C(=O)NC(C)(C#N)C(C)C. The molecule has 2 unspecified atom stereocenters. The molecule has 0 saturated carbocycles. The predicted octanol–water partition coefficient (Wildman–Crippen LogP) is 4.85. The standard InChI is InChI=1S/C23H21ClF2N4O2S/c1-12(2)23(4,11-27)29-20(31)13(3)33-22-28-18-7-5-14(24)9-16(18)21(32)30(22)19-8-6-15(25)10-17(19)26/h5-10,12-13H,1-4H3,(H,29,31). The van der Waals surface area contributed by atoms with E-state index in [9.17, 15) is 23.6 Å². The summed E-state index contributed by atoms with van der Waals surface area (Å²) in [6.45, 7) is 6.83. The van der Waals surface area contributed by atoms with Crippen molar-refractivity contribution in [3.8, 4) is 11.8 Å². The molecule has 33 heavy (non-hydrogen) atoms. The lowest BCUT2D eigenvalue weighted by Gasteiger charge is -2.28. The highest BCUT2D eigenvalue weighted by Gasteiger charge is 2.32. The van der Waals surface area contributed by atoms with E-state index in [0.29, 0.717) is 16.6 Å². The topological polar surface area (TPSA) is 87.8 Å². The van der Waals surface area contributed by atoms with Gasteiger partial charge in [0.25, 0.3) is 5.56 Å². The molecule has 1 N–H and O–H groups in total. The van der Waals surface area contributed by atoms with Crippen LogP contribution in [0.4, 0.5) is 8.78 Å². The Morgan fingerprint density at radius 3 is 2.55 bits per heavy atom. The average Bonchev–Trinajstić information content (AvgIpc) is 2.75. The average molecular weight is 491 g/mol. The van der Waals surface area contributed by atoms with Crippen molar-refractivity contribution >= 4 is 40.2 Å². The highest BCUT2D eigenvalue weighted by Crippen LogP contribution is 2.28. The fourth-order valence-electron chi connectivity index (χ4n) is 2.96. The lowest BCUT2D eigenvalue weighted by Crippen LogP contribution is -2.51. The molecule has 0 saturated heterocycles. The zero-order valence-corrected chi connectivity index (χ0v) is 19.9. The van der Waals surface area contributed by atoms with Crippen LogP contribution in [0.1, 0.15) is 27.7 Å². The molecule has 0 radical (unpaired) electrons. The number of nitrogens with one attached hydrogen (secondary N) is 1. The van der Waals surface area contributed by atoms with Crippen LogP contribution in [0.5, 0.6) is 0 Å². The molecule has 1 heterocycles. The van der Waals surface area contributed by atoms with Gasteiger partial charge in [0.2, 0.25) is 5.91 Å². The maximum Gasteiger partial charge on any atom is 0.266 e. The molecule has 0 aliphatic carbocycles. The van der Waals surface area contributed by atoms with Crippen LogP contribution in [-0.2, 0) is 4.79 Å². The van der Waals surface area contributed by atoms with E-state index in [1.807, 2.05) is 13.8 Å². The summed E-state index contributed by atoms with van der Waals surface area (Å²) in [5.74, 6) is -2.36. The van der Waals surface area contributed by atoms with Crippen LogP contribution in [0.15, 0.2) is 46.3 Å². The second-order valence-corrected chi connectivity index (χ2v) is 9.75. The number of halogens is 3. The summed E-state index contributed by atoms with van der Waals surface area (Å²) in [7, 11) is 0. The number of nitriles is 1. The number of amides is 1. The first-order valence-corrected chi connectivity index (χ1v) is 11.3. The van der Waals surface area contributed by atoms with Gasteiger partial charge in [0, 0.05) is 11.1 Å². The van der Waals surface area contributed by atoms with Crippen LogP contribution in [0, 0.1) is 28.9 Å². The molecular weight excluding hydrogens is 470 g/mol. The fourth-order valence-corrected chi connectivity index (χ4v) is 4.05. The first-order chi connectivity index (χ1) is 15.5. The van der Waals surface area contributed by atoms with Crippen molar-refractivity contribution in [2.75, 3.05) is 0 Å². The van der Waals surface area contributed by atoms with Gasteiger partial charge >= 0.3 is 0 Å².